The molecule has 0 spiro atoms. The van der Waals surface area contributed by atoms with Crippen molar-refractivity contribution < 1.29 is 9.47 Å². The Morgan fingerprint density at radius 3 is 2.92 bits per heavy atom. The average Bonchev–Trinajstić information content (AvgIpc) is 2.52. The van der Waals surface area contributed by atoms with Gasteiger partial charge in [-0.15, -0.1) is 0 Å². The molecule has 1 unspecified atom stereocenters. The minimum absolute atomic E-state index is 0.132. The molecule has 74 valence electrons. The van der Waals surface area contributed by atoms with Gasteiger partial charge in [-0.25, -0.2) is 0 Å². The van der Waals surface area contributed by atoms with E-state index in [1.165, 1.54) is 5.03 Å². The summed E-state index contributed by atoms with van der Waals surface area (Å²) in [5.74, 6) is 0.618. The van der Waals surface area contributed by atoms with Crippen LogP contribution < -0.4 is 0 Å². The molecule has 0 saturated heterocycles. The van der Waals surface area contributed by atoms with Crippen molar-refractivity contribution in [1.82, 2.24) is 4.57 Å². The minimum Gasteiger partial charge on any atom is -0.356 e. The molecule has 0 N–H and O–H groups in total. The average molecular weight is 201 g/mol. The van der Waals surface area contributed by atoms with Crippen molar-refractivity contribution in [1.29, 1.82) is 0 Å². The summed E-state index contributed by atoms with van der Waals surface area (Å²) < 4.78 is 12.4. The molecule has 0 amide bonds. The number of methoxy groups -OCH3 is 1. The van der Waals surface area contributed by atoms with Crippen molar-refractivity contribution in [3.63, 3.8) is 0 Å². The molecule has 0 aliphatic rings. The van der Waals surface area contributed by atoms with E-state index in [-0.39, 0.29) is 6.29 Å². The van der Waals surface area contributed by atoms with E-state index in [1.54, 1.807) is 18.9 Å². The lowest BCUT2D eigenvalue weighted by Crippen LogP contribution is -2.09. The van der Waals surface area contributed by atoms with Crippen molar-refractivity contribution in [3.8, 4) is 0 Å². The van der Waals surface area contributed by atoms with Gasteiger partial charge in [0.15, 0.2) is 6.29 Å². The van der Waals surface area contributed by atoms with E-state index in [4.69, 9.17) is 9.47 Å². The molecule has 0 saturated carbocycles. The first-order valence-electron chi connectivity index (χ1n) is 4.12. The third kappa shape index (κ3) is 3.42. The first kappa shape index (κ1) is 10.6. The van der Waals surface area contributed by atoms with Crippen LogP contribution in [0.15, 0.2) is 23.4 Å². The number of hydrogen-bond donors (Lipinski definition) is 0. The van der Waals surface area contributed by atoms with Crippen molar-refractivity contribution in [2.45, 2.75) is 18.2 Å². The second-order valence-corrected chi connectivity index (χ2v) is 3.63. The Balaban J connectivity index is 2.24. The van der Waals surface area contributed by atoms with Gasteiger partial charge < -0.3 is 14.0 Å². The van der Waals surface area contributed by atoms with Crippen LogP contribution in [0.2, 0.25) is 0 Å². The van der Waals surface area contributed by atoms with Crippen molar-refractivity contribution in [2.75, 3.05) is 13.0 Å². The maximum atomic E-state index is 5.35. The molecule has 1 rings (SSSR count). The van der Waals surface area contributed by atoms with Gasteiger partial charge in [-0.1, -0.05) is 11.8 Å². The molecule has 1 heterocycles. The molecule has 0 fully saturated rings. The molecule has 1 atom stereocenters. The molecule has 13 heavy (non-hydrogen) atoms. The van der Waals surface area contributed by atoms with Gasteiger partial charge in [0.2, 0.25) is 0 Å². The monoisotopic (exact) mass is 201 g/mol. The maximum absolute atomic E-state index is 5.35. The smallest absolute Gasteiger partial charge is 0.155 e. The third-order valence-corrected chi connectivity index (χ3v) is 2.71. The summed E-state index contributed by atoms with van der Waals surface area (Å²) in [5.41, 5.74) is 0. The van der Waals surface area contributed by atoms with Crippen LogP contribution in [0.4, 0.5) is 0 Å². The van der Waals surface area contributed by atoms with Crippen LogP contribution in [0.1, 0.15) is 6.92 Å². The molecule has 0 bridgehead atoms. The minimum atomic E-state index is -0.132. The number of aryl methyl sites for hydroxylation is 1. The molecule has 0 aromatic carbocycles. The largest absolute Gasteiger partial charge is 0.356 e. The zero-order valence-corrected chi connectivity index (χ0v) is 9.00. The molecule has 4 heteroatoms. The SMILES string of the molecule is COC(C)OCSc1cccn1C. The Morgan fingerprint density at radius 1 is 1.62 bits per heavy atom. The van der Waals surface area contributed by atoms with Crippen LogP contribution >= 0.6 is 11.8 Å². The van der Waals surface area contributed by atoms with E-state index in [2.05, 4.69) is 10.6 Å². The number of ether oxygens (including phenoxy) is 2. The molecule has 1 aromatic heterocycles. The maximum Gasteiger partial charge on any atom is 0.155 e. The van der Waals surface area contributed by atoms with Crippen molar-refractivity contribution in [2.24, 2.45) is 7.05 Å². The molecular weight excluding hydrogens is 186 g/mol. The molecule has 1 aromatic rings. The lowest BCUT2D eigenvalue weighted by Gasteiger charge is -2.10. The van der Waals surface area contributed by atoms with Crippen LogP contribution in [0, 0.1) is 0 Å². The zero-order valence-electron chi connectivity index (χ0n) is 8.19. The van der Waals surface area contributed by atoms with E-state index < -0.39 is 0 Å². The lowest BCUT2D eigenvalue weighted by molar-refractivity contribution is -0.0937. The molecular formula is C9H15NO2S. The Bertz CT molecular complexity index is 250. The van der Waals surface area contributed by atoms with Gasteiger partial charge in [0.1, 0.15) is 5.94 Å². The topological polar surface area (TPSA) is 23.4 Å². The van der Waals surface area contributed by atoms with E-state index in [0.29, 0.717) is 5.94 Å². The Labute approximate surface area is 83.0 Å². The summed E-state index contributed by atoms with van der Waals surface area (Å²) >= 11 is 1.66. The normalized spacial score (nSPS) is 13.2. The van der Waals surface area contributed by atoms with Crippen LogP contribution in [0.5, 0.6) is 0 Å². The van der Waals surface area contributed by atoms with Gasteiger partial charge in [0, 0.05) is 20.4 Å². The van der Waals surface area contributed by atoms with Gasteiger partial charge >= 0.3 is 0 Å². The van der Waals surface area contributed by atoms with Crippen molar-refractivity contribution >= 4 is 11.8 Å². The Morgan fingerprint density at radius 2 is 2.38 bits per heavy atom. The van der Waals surface area contributed by atoms with E-state index in [0.717, 1.165) is 0 Å². The standard InChI is InChI=1S/C9H15NO2S/c1-8(11-3)12-7-13-9-5-4-6-10(9)2/h4-6,8H,7H2,1-3H3. The van der Waals surface area contributed by atoms with Crippen LogP contribution in [0.3, 0.4) is 0 Å². The van der Waals surface area contributed by atoms with Crippen LogP contribution in [-0.2, 0) is 16.5 Å². The highest BCUT2D eigenvalue weighted by molar-refractivity contribution is 7.99. The number of aromatic nitrogens is 1. The van der Waals surface area contributed by atoms with Crippen LogP contribution in [0.25, 0.3) is 0 Å². The fourth-order valence-electron chi connectivity index (χ4n) is 0.854. The van der Waals surface area contributed by atoms with Crippen LogP contribution in [-0.4, -0.2) is 23.9 Å². The van der Waals surface area contributed by atoms with Gasteiger partial charge in [0.05, 0.1) is 5.03 Å². The predicted molar refractivity (Wildman–Crippen MR) is 53.7 cm³/mol. The summed E-state index contributed by atoms with van der Waals surface area (Å²) in [6, 6.07) is 4.08. The highest BCUT2D eigenvalue weighted by atomic mass is 32.2. The van der Waals surface area contributed by atoms with E-state index in [1.807, 2.05) is 26.2 Å². The van der Waals surface area contributed by atoms with Gasteiger partial charge in [-0.3, -0.25) is 0 Å². The summed E-state index contributed by atoms with van der Waals surface area (Å²) in [5, 5.41) is 1.20. The Kier molecular flexibility index (Phi) is 4.35. The molecule has 0 aliphatic carbocycles. The van der Waals surface area contributed by atoms with E-state index >= 15 is 0 Å². The van der Waals surface area contributed by atoms with Gasteiger partial charge in [-0.05, 0) is 19.1 Å². The van der Waals surface area contributed by atoms with Gasteiger partial charge in [-0.2, -0.15) is 0 Å². The number of hydrogen-bond acceptors (Lipinski definition) is 3. The highest BCUT2D eigenvalue weighted by Crippen LogP contribution is 2.17. The fourth-order valence-corrected chi connectivity index (χ4v) is 1.67. The summed E-state index contributed by atoms with van der Waals surface area (Å²) in [7, 11) is 3.65. The molecule has 3 nitrogen and oxygen atoms in total. The second-order valence-electron chi connectivity index (χ2n) is 2.69. The fraction of sp³-hybridized carbons (Fsp3) is 0.556. The number of nitrogens with zero attached hydrogens (tertiary/aromatic N) is 1. The highest BCUT2D eigenvalue weighted by Gasteiger charge is 2.00. The van der Waals surface area contributed by atoms with E-state index in [9.17, 15) is 0 Å². The van der Waals surface area contributed by atoms with Gasteiger partial charge in [0.25, 0.3) is 0 Å². The second kappa shape index (κ2) is 5.32. The van der Waals surface area contributed by atoms with Crippen molar-refractivity contribution in [3.05, 3.63) is 18.3 Å². The molecule has 0 aliphatic heterocycles. The number of thioether (sulfide) groups is 1. The summed E-state index contributed by atoms with van der Waals surface area (Å²) in [4.78, 5) is 0. The first-order valence-corrected chi connectivity index (χ1v) is 5.11. The quantitative estimate of drug-likeness (QED) is 0.538. The first-order chi connectivity index (χ1) is 6.24. The zero-order chi connectivity index (χ0) is 9.68. The molecule has 0 radical (unpaired) electrons. The number of rotatable bonds is 5. The summed E-state index contributed by atoms with van der Waals surface area (Å²) in [6.45, 7) is 1.88. The summed E-state index contributed by atoms with van der Waals surface area (Å²) in [6.07, 6.45) is 1.88. The predicted octanol–water partition coefficient (Wildman–Crippen LogP) is 2.08. The lowest BCUT2D eigenvalue weighted by atomic mass is 10.7. The Hall–Kier alpha value is -0.450. The third-order valence-electron chi connectivity index (χ3n) is 1.74.